The molecule has 0 fully saturated rings. The van der Waals surface area contributed by atoms with Gasteiger partial charge >= 0.3 is 6.18 Å². The first kappa shape index (κ1) is 22.0. The highest BCUT2D eigenvalue weighted by molar-refractivity contribution is 8.27. The van der Waals surface area contributed by atoms with Crippen LogP contribution in [0.2, 0.25) is 5.02 Å². The Hall–Kier alpha value is -3.18. The van der Waals surface area contributed by atoms with E-state index in [-0.39, 0.29) is 39.9 Å². The number of hydrogen-bond acceptors (Lipinski definition) is 5. The molecule has 6 nitrogen and oxygen atoms in total. The molecular formula is C20H11ClF4N4O2S. The minimum absolute atomic E-state index is 0.0559. The van der Waals surface area contributed by atoms with Crippen molar-refractivity contribution in [2.24, 2.45) is 10.1 Å². The summed E-state index contributed by atoms with van der Waals surface area (Å²) in [5, 5.41) is 10.7. The zero-order valence-corrected chi connectivity index (χ0v) is 17.4. The molecule has 0 spiro atoms. The van der Waals surface area contributed by atoms with E-state index >= 15 is 0 Å². The predicted octanol–water partition coefficient (Wildman–Crippen LogP) is 5.24. The lowest BCUT2D eigenvalue weighted by Gasteiger charge is -2.20. The first-order valence-corrected chi connectivity index (χ1v) is 10.1. The minimum atomic E-state index is -4.72. The number of carbonyl (C=O) groups is 1. The topological polar surface area (TPSA) is 78.1 Å². The first-order chi connectivity index (χ1) is 15.1. The van der Waals surface area contributed by atoms with Gasteiger partial charge in [-0.1, -0.05) is 35.9 Å². The number of alkyl halides is 3. The Morgan fingerprint density at radius 2 is 1.97 bits per heavy atom. The van der Waals surface area contributed by atoms with Gasteiger partial charge in [-0.3, -0.25) is 10.2 Å². The molecule has 0 aromatic heterocycles. The average molecular weight is 483 g/mol. The molecule has 2 aromatic rings. The van der Waals surface area contributed by atoms with Crippen molar-refractivity contribution in [3.8, 4) is 5.75 Å². The van der Waals surface area contributed by atoms with Crippen LogP contribution in [0.4, 0.5) is 17.6 Å². The lowest BCUT2D eigenvalue weighted by Crippen LogP contribution is -2.35. The summed E-state index contributed by atoms with van der Waals surface area (Å²) in [6.07, 6.45) is -3.45. The minimum Gasteiger partial charge on any atom is -0.487 e. The number of nitrogens with zero attached hydrogens (tertiary/aromatic N) is 3. The van der Waals surface area contributed by atoms with Crippen LogP contribution in [0.15, 0.2) is 58.1 Å². The fourth-order valence-corrected chi connectivity index (χ4v) is 3.77. The van der Waals surface area contributed by atoms with Crippen molar-refractivity contribution in [3.63, 3.8) is 0 Å². The molecule has 2 aliphatic rings. The normalized spacial score (nSPS) is 17.4. The van der Waals surface area contributed by atoms with Crippen molar-refractivity contribution in [2.75, 3.05) is 0 Å². The number of rotatable bonds is 4. The number of ether oxygens (including phenoxy) is 1. The van der Waals surface area contributed by atoms with Crippen LogP contribution in [0, 0.1) is 11.2 Å². The summed E-state index contributed by atoms with van der Waals surface area (Å²) in [6, 6.07) is 10.6. The molecule has 32 heavy (non-hydrogen) atoms. The van der Waals surface area contributed by atoms with Crippen LogP contribution in [-0.4, -0.2) is 33.1 Å². The second-order valence-corrected chi connectivity index (χ2v) is 7.86. The highest BCUT2D eigenvalue weighted by atomic mass is 35.5. The molecule has 0 saturated carbocycles. The highest BCUT2D eigenvalue weighted by Gasteiger charge is 2.46. The Labute approximate surface area is 187 Å². The maximum Gasteiger partial charge on any atom is 0.441 e. The number of thioether (sulfide) groups is 1. The van der Waals surface area contributed by atoms with E-state index in [1.54, 1.807) is 18.2 Å². The number of benzene rings is 2. The van der Waals surface area contributed by atoms with Crippen molar-refractivity contribution < 1.29 is 27.1 Å². The van der Waals surface area contributed by atoms with Crippen LogP contribution in [0.1, 0.15) is 11.1 Å². The zero-order chi connectivity index (χ0) is 23.0. The number of amides is 1. The monoisotopic (exact) mass is 482 g/mol. The van der Waals surface area contributed by atoms with Crippen LogP contribution in [0.5, 0.6) is 5.75 Å². The predicted molar refractivity (Wildman–Crippen MR) is 113 cm³/mol. The van der Waals surface area contributed by atoms with Gasteiger partial charge < -0.3 is 4.74 Å². The SMILES string of the molecule is N=C1C(=Cc2ccc(OCc3ccccc3F)c(Cl)c2)C(=O)N=C2SC(C(F)(F)F)=NN12. The smallest absolute Gasteiger partial charge is 0.441 e. The van der Waals surface area contributed by atoms with Gasteiger partial charge in [-0.05, 0) is 41.6 Å². The van der Waals surface area contributed by atoms with E-state index in [1.807, 2.05) is 0 Å². The summed E-state index contributed by atoms with van der Waals surface area (Å²) in [7, 11) is 0. The molecule has 164 valence electrons. The Morgan fingerprint density at radius 1 is 1.22 bits per heavy atom. The summed E-state index contributed by atoms with van der Waals surface area (Å²) < 4.78 is 57.9. The number of carbonyl (C=O) groups excluding carboxylic acids is 1. The average Bonchev–Trinajstić information content (AvgIpc) is 3.16. The lowest BCUT2D eigenvalue weighted by atomic mass is 10.1. The Balaban J connectivity index is 1.55. The summed E-state index contributed by atoms with van der Waals surface area (Å²) >= 11 is 6.38. The molecule has 0 aliphatic carbocycles. The van der Waals surface area contributed by atoms with Crippen molar-refractivity contribution in [3.05, 3.63) is 70.0 Å². The second-order valence-electron chi connectivity index (χ2n) is 6.49. The standard InChI is InChI=1S/C20H11ClF4N4O2S/c21-13-8-10(5-6-15(13)31-9-11-3-1-2-4-14(11)22)7-12-16(26)29-19(27-17(12)30)32-18(28-29)20(23,24)25/h1-8,26H,9H2. The third kappa shape index (κ3) is 4.39. The Kier molecular flexibility index (Phi) is 5.78. The van der Waals surface area contributed by atoms with E-state index < -0.39 is 28.8 Å². The largest absolute Gasteiger partial charge is 0.487 e. The number of halogens is 5. The number of nitrogens with one attached hydrogen (secondary N) is 1. The molecule has 1 N–H and O–H groups in total. The molecule has 2 aliphatic heterocycles. The first-order valence-electron chi connectivity index (χ1n) is 8.86. The lowest BCUT2D eigenvalue weighted by molar-refractivity contribution is -0.114. The zero-order valence-electron chi connectivity index (χ0n) is 15.8. The van der Waals surface area contributed by atoms with E-state index in [4.69, 9.17) is 21.7 Å². The molecule has 2 aromatic carbocycles. The van der Waals surface area contributed by atoms with Crippen LogP contribution in [0.25, 0.3) is 6.08 Å². The summed E-state index contributed by atoms with van der Waals surface area (Å²) in [5.74, 6) is -1.57. The number of hydrazone groups is 1. The van der Waals surface area contributed by atoms with Gasteiger partial charge in [0.15, 0.2) is 5.84 Å². The van der Waals surface area contributed by atoms with Crippen molar-refractivity contribution in [2.45, 2.75) is 12.8 Å². The van der Waals surface area contributed by atoms with E-state index in [2.05, 4.69) is 10.1 Å². The molecule has 12 heteroatoms. The molecule has 2 heterocycles. The van der Waals surface area contributed by atoms with E-state index in [0.717, 1.165) is 0 Å². The van der Waals surface area contributed by atoms with Crippen LogP contribution < -0.4 is 4.74 Å². The van der Waals surface area contributed by atoms with Crippen molar-refractivity contribution in [1.82, 2.24) is 5.01 Å². The molecule has 0 unspecified atom stereocenters. The summed E-state index contributed by atoms with van der Waals surface area (Å²) in [5.41, 5.74) is 0.469. The quantitative estimate of drug-likeness (QED) is 0.477. The van der Waals surface area contributed by atoms with Gasteiger partial charge in [0.2, 0.25) is 10.2 Å². The van der Waals surface area contributed by atoms with Gasteiger partial charge in [-0.25, -0.2) is 4.39 Å². The van der Waals surface area contributed by atoms with Crippen molar-refractivity contribution >= 4 is 51.4 Å². The molecule has 0 saturated heterocycles. The number of fused-ring (bicyclic) bond motifs is 1. The van der Waals surface area contributed by atoms with Gasteiger partial charge in [-0.2, -0.15) is 28.3 Å². The van der Waals surface area contributed by atoms with E-state index in [9.17, 15) is 22.4 Å². The fourth-order valence-electron chi connectivity index (χ4n) is 2.77. The van der Waals surface area contributed by atoms with Gasteiger partial charge in [0.25, 0.3) is 5.91 Å². The van der Waals surface area contributed by atoms with Crippen molar-refractivity contribution in [1.29, 1.82) is 5.41 Å². The summed E-state index contributed by atoms with van der Waals surface area (Å²) in [4.78, 5) is 15.9. The number of hydrogen-bond donors (Lipinski definition) is 1. The third-order valence-corrected chi connectivity index (χ3v) is 5.55. The number of aliphatic imine (C=N–C) groups is 1. The van der Waals surface area contributed by atoms with E-state index in [1.165, 1.54) is 30.3 Å². The Bertz CT molecular complexity index is 1230. The molecule has 0 atom stereocenters. The third-order valence-electron chi connectivity index (χ3n) is 4.30. The van der Waals surface area contributed by atoms with Crippen LogP contribution >= 0.6 is 23.4 Å². The molecule has 4 rings (SSSR count). The summed E-state index contributed by atoms with van der Waals surface area (Å²) in [6.45, 7) is -0.0559. The molecule has 1 amide bonds. The van der Waals surface area contributed by atoms with Gasteiger partial charge in [-0.15, -0.1) is 0 Å². The van der Waals surface area contributed by atoms with Gasteiger partial charge in [0, 0.05) is 5.56 Å². The maximum atomic E-state index is 13.7. The van der Waals surface area contributed by atoms with E-state index in [0.29, 0.717) is 16.1 Å². The molecule has 0 radical (unpaired) electrons. The van der Waals surface area contributed by atoms with Crippen LogP contribution in [-0.2, 0) is 11.4 Å². The second kappa shape index (κ2) is 8.40. The highest BCUT2D eigenvalue weighted by Crippen LogP contribution is 2.35. The number of amidine groups is 2. The van der Waals surface area contributed by atoms with Gasteiger partial charge in [0.1, 0.15) is 18.2 Å². The molecular weight excluding hydrogens is 472 g/mol. The van der Waals surface area contributed by atoms with Crippen LogP contribution in [0.3, 0.4) is 0 Å². The Morgan fingerprint density at radius 3 is 2.66 bits per heavy atom. The molecule has 0 bridgehead atoms. The van der Waals surface area contributed by atoms with Gasteiger partial charge in [0.05, 0.1) is 10.6 Å². The maximum absolute atomic E-state index is 13.7. The fraction of sp³-hybridized carbons (Fsp3) is 0.100.